The molecule has 1 aliphatic rings. The summed E-state index contributed by atoms with van der Waals surface area (Å²) < 4.78 is 5.52. The molecule has 1 saturated heterocycles. The van der Waals surface area contributed by atoms with Crippen LogP contribution >= 0.6 is 11.8 Å². The van der Waals surface area contributed by atoms with Crippen LogP contribution in [0, 0.1) is 16.0 Å². The number of nitrogens with zero attached hydrogens (tertiary/aromatic N) is 2. The molecule has 0 spiro atoms. The molecule has 2 aromatic carbocycles. The molecule has 3 atom stereocenters. The molecule has 2 aromatic rings. The topological polar surface area (TPSA) is 145 Å². The maximum absolute atomic E-state index is 13.3. The van der Waals surface area contributed by atoms with Crippen molar-refractivity contribution < 1.29 is 33.8 Å². The van der Waals surface area contributed by atoms with Crippen LogP contribution in [0.1, 0.15) is 43.4 Å². The highest BCUT2D eigenvalue weighted by atomic mass is 32.2. The predicted molar refractivity (Wildman–Crippen MR) is 147 cm³/mol. The van der Waals surface area contributed by atoms with Gasteiger partial charge >= 0.3 is 5.97 Å². The molecule has 0 aromatic heterocycles. The third-order valence-corrected chi connectivity index (χ3v) is 7.49. The van der Waals surface area contributed by atoms with Gasteiger partial charge in [0.15, 0.2) is 5.12 Å². The van der Waals surface area contributed by atoms with Gasteiger partial charge in [-0.2, -0.15) is 0 Å². The van der Waals surface area contributed by atoms with Gasteiger partial charge in [-0.3, -0.25) is 14.4 Å². The van der Waals surface area contributed by atoms with Gasteiger partial charge in [-0.05, 0) is 29.5 Å². The molecule has 3 rings (SSSR count). The second-order valence-electron chi connectivity index (χ2n) is 9.57. The summed E-state index contributed by atoms with van der Waals surface area (Å²) in [5, 5.41) is 12.2. The summed E-state index contributed by atoms with van der Waals surface area (Å²) in [5.41, 5.74) is 2.08. The highest BCUT2D eigenvalue weighted by Crippen LogP contribution is 2.22. The fourth-order valence-electron chi connectivity index (χ4n) is 4.32. The number of rotatable bonds is 13. The van der Waals surface area contributed by atoms with Crippen molar-refractivity contribution in [3.05, 3.63) is 81.4 Å². The van der Waals surface area contributed by atoms with Gasteiger partial charge in [0.25, 0.3) is 5.09 Å². The number of carbonyl (C=O) groups is 4. The van der Waals surface area contributed by atoms with Crippen molar-refractivity contribution in [1.29, 1.82) is 0 Å². The van der Waals surface area contributed by atoms with Gasteiger partial charge in [-0.25, -0.2) is 4.79 Å². The van der Waals surface area contributed by atoms with Gasteiger partial charge < -0.3 is 19.8 Å². The van der Waals surface area contributed by atoms with E-state index in [0.29, 0.717) is 36.3 Å². The Morgan fingerprint density at radius 2 is 1.70 bits per heavy atom. The van der Waals surface area contributed by atoms with Crippen molar-refractivity contribution in [3.63, 3.8) is 0 Å². The molecule has 0 bridgehead atoms. The number of ether oxygens (including phenoxy) is 1. The van der Waals surface area contributed by atoms with Gasteiger partial charge in [-0.15, -0.1) is 10.1 Å². The molecule has 214 valence electrons. The van der Waals surface area contributed by atoms with E-state index in [1.54, 1.807) is 31.2 Å². The highest BCUT2D eigenvalue weighted by Gasteiger charge is 2.37. The van der Waals surface area contributed by atoms with Gasteiger partial charge in [0.2, 0.25) is 11.8 Å². The van der Waals surface area contributed by atoms with Crippen molar-refractivity contribution in [2.45, 2.75) is 58.4 Å². The second kappa shape index (κ2) is 15.0. The molecule has 12 heteroatoms. The molecule has 1 N–H and O–H groups in total. The maximum atomic E-state index is 13.3. The molecule has 2 amide bonds. The first-order valence-corrected chi connectivity index (χ1v) is 13.9. The normalized spacial score (nSPS) is 16.1. The molecule has 40 heavy (non-hydrogen) atoms. The van der Waals surface area contributed by atoms with Gasteiger partial charge in [0.05, 0.1) is 0 Å². The molecule has 1 fully saturated rings. The fraction of sp³-hybridized carbons (Fsp3) is 0.429. The van der Waals surface area contributed by atoms with E-state index in [0.717, 1.165) is 17.3 Å². The molecule has 1 heterocycles. The first kappa shape index (κ1) is 30.6. The molecule has 1 aliphatic heterocycles. The lowest BCUT2D eigenvalue weighted by atomic mass is 10.0. The minimum Gasteiger partial charge on any atom is -0.459 e. The second-order valence-corrected chi connectivity index (χ2v) is 10.8. The van der Waals surface area contributed by atoms with Crippen molar-refractivity contribution in [3.8, 4) is 0 Å². The van der Waals surface area contributed by atoms with Crippen LogP contribution in [0.4, 0.5) is 0 Å². The summed E-state index contributed by atoms with van der Waals surface area (Å²) in [5.74, 6) is -1.33. The van der Waals surface area contributed by atoms with Crippen LogP contribution in [0.3, 0.4) is 0 Å². The molecule has 0 saturated carbocycles. The average Bonchev–Trinajstić information content (AvgIpc) is 3.44. The lowest BCUT2D eigenvalue weighted by molar-refractivity contribution is -0.763. The molecule has 11 nitrogen and oxygen atoms in total. The summed E-state index contributed by atoms with van der Waals surface area (Å²) >= 11 is 1.08. The summed E-state index contributed by atoms with van der Waals surface area (Å²) in [4.78, 5) is 67.1. The smallest absolute Gasteiger partial charge is 0.329 e. The van der Waals surface area contributed by atoms with Crippen LogP contribution in [0.15, 0.2) is 54.6 Å². The lowest BCUT2D eigenvalue weighted by Crippen LogP contribution is -2.52. The van der Waals surface area contributed by atoms with Crippen LogP contribution < -0.4 is 5.32 Å². The first-order chi connectivity index (χ1) is 19.1. The summed E-state index contributed by atoms with van der Waals surface area (Å²) in [6.45, 7) is 3.37. The Morgan fingerprint density at radius 3 is 2.33 bits per heavy atom. The number of carbonyl (C=O) groups excluding carboxylic acids is 4. The molecule has 0 aliphatic carbocycles. The number of benzene rings is 2. The van der Waals surface area contributed by atoms with E-state index in [9.17, 15) is 29.3 Å². The molecule has 0 radical (unpaired) electrons. The van der Waals surface area contributed by atoms with Crippen LogP contribution in [-0.4, -0.2) is 57.3 Å². The summed E-state index contributed by atoms with van der Waals surface area (Å²) in [7, 11) is 0. The number of thioether (sulfide) groups is 1. The number of likely N-dealkylation sites (tertiary alicyclic amines) is 1. The Morgan fingerprint density at radius 1 is 1.05 bits per heavy atom. The zero-order valence-corrected chi connectivity index (χ0v) is 23.3. The number of nitrogens with one attached hydrogen (secondary N) is 1. The van der Waals surface area contributed by atoms with Gasteiger partial charge in [0, 0.05) is 31.6 Å². The minimum absolute atomic E-state index is 0.0598. The predicted octanol–water partition coefficient (Wildman–Crippen LogP) is 3.07. The first-order valence-electron chi connectivity index (χ1n) is 12.9. The largest absolute Gasteiger partial charge is 0.459 e. The Balaban J connectivity index is 1.65. The Kier molecular flexibility index (Phi) is 11.5. The van der Waals surface area contributed by atoms with Crippen molar-refractivity contribution in [2.75, 3.05) is 12.3 Å². The fourth-order valence-corrected chi connectivity index (χ4v) is 4.95. The third-order valence-electron chi connectivity index (χ3n) is 6.42. The molecular weight excluding hydrogens is 538 g/mol. The van der Waals surface area contributed by atoms with Crippen molar-refractivity contribution >= 4 is 34.7 Å². The van der Waals surface area contributed by atoms with E-state index in [-0.39, 0.29) is 30.7 Å². The third kappa shape index (κ3) is 9.37. The van der Waals surface area contributed by atoms with E-state index in [4.69, 9.17) is 4.74 Å². The van der Waals surface area contributed by atoms with Crippen LogP contribution in [-0.2, 0) is 48.4 Å². The van der Waals surface area contributed by atoms with Crippen molar-refractivity contribution in [2.24, 2.45) is 5.92 Å². The summed E-state index contributed by atoms with van der Waals surface area (Å²) in [6.07, 6.45) is 1.34. The van der Waals surface area contributed by atoms with Crippen LogP contribution in [0.5, 0.6) is 0 Å². The van der Waals surface area contributed by atoms with E-state index in [1.807, 2.05) is 30.3 Å². The Bertz CT molecular complexity index is 1190. The Labute approximate surface area is 236 Å². The van der Waals surface area contributed by atoms with E-state index in [2.05, 4.69) is 10.2 Å². The zero-order valence-electron chi connectivity index (χ0n) is 22.4. The zero-order chi connectivity index (χ0) is 29.1. The number of hydrogen-bond acceptors (Lipinski definition) is 9. The van der Waals surface area contributed by atoms with E-state index >= 15 is 0 Å². The number of esters is 1. The van der Waals surface area contributed by atoms with Crippen LogP contribution in [0.2, 0.25) is 0 Å². The number of amides is 2. The molecule has 0 unspecified atom stereocenters. The minimum atomic E-state index is -0.981. The maximum Gasteiger partial charge on any atom is 0.329 e. The quantitative estimate of drug-likeness (QED) is 0.218. The number of hydrogen-bond donors (Lipinski definition) is 1. The summed E-state index contributed by atoms with van der Waals surface area (Å²) in [6, 6.07) is 14.1. The van der Waals surface area contributed by atoms with Gasteiger partial charge in [-0.1, -0.05) is 73.3 Å². The highest BCUT2D eigenvalue weighted by molar-refractivity contribution is 8.13. The Hall–Kier alpha value is -3.93. The monoisotopic (exact) mass is 571 g/mol. The van der Waals surface area contributed by atoms with Crippen LogP contribution in [0.25, 0.3) is 0 Å². The SMILES string of the molecule is CC(=O)SC[C@@H](C)C(=O)N1CCC[C@H]1C(=O)N[C@H](Cc1ccccc1)C(=O)OCc1ccc(CO[N+](=O)[O-])cc1. The van der Waals surface area contributed by atoms with Crippen molar-refractivity contribution in [1.82, 2.24) is 10.2 Å². The standard InChI is InChI=1S/C28H33N3O8S/c1-19(18-40-20(2)32)27(34)30-14-6-9-25(30)26(33)29-24(15-21-7-4-3-5-8-21)28(35)38-16-22-10-12-23(13-11-22)17-39-31(36)37/h3-5,7-8,10-13,19,24-25H,6,9,14-18H2,1-2H3,(H,29,33)/t19-,24-,25+/m1/s1. The molecular formula is C28H33N3O8S. The van der Waals surface area contributed by atoms with Gasteiger partial charge in [0.1, 0.15) is 25.3 Å². The average molecular weight is 572 g/mol. The van der Waals surface area contributed by atoms with E-state index in [1.165, 1.54) is 11.8 Å². The van der Waals surface area contributed by atoms with E-state index < -0.39 is 35.0 Å². The lowest BCUT2D eigenvalue weighted by Gasteiger charge is -2.28.